The van der Waals surface area contributed by atoms with Crippen molar-refractivity contribution in [3.05, 3.63) is 58.8 Å². The lowest BCUT2D eigenvalue weighted by Gasteiger charge is -2.07. The first-order chi connectivity index (χ1) is 12.3. The van der Waals surface area contributed by atoms with Crippen molar-refractivity contribution in [2.75, 3.05) is 11.9 Å². The first-order valence-electron chi connectivity index (χ1n) is 7.96. The monoisotopic (exact) mass is 370 g/mol. The van der Waals surface area contributed by atoms with Crippen molar-refractivity contribution in [3.63, 3.8) is 0 Å². The van der Waals surface area contributed by atoms with Gasteiger partial charge in [-0.25, -0.2) is 4.98 Å². The quantitative estimate of drug-likeness (QED) is 0.573. The van der Waals surface area contributed by atoms with Gasteiger partial charge in [-0.15, -0.1) is 22.7 Å². The standard InChI is InChI=1S/C19H18N2O2S2/c1-2-11-23-16-7-4-3-6-14(16)9-10-18(22)21-19-20-15(13-25-19)17-8-5-12-24-17/h3-10,12-13H,2,11H2,1H3,(H,20,21,22)/b10-9+. The summed E-state index contributed by atoms with van der Waals surface area (Å²) in [6.45, 7) is 2.71. The maximum atomic E-state index is 12.1. The molecule has 0 atom stereocenters. The second-order valence-corrected chi connectivity index (χ2v) is 7.03. The van der Waals surface area contributed by atoms with E-state index in [4.69, 9.17) is 4.74 Å². The van der Waals surface area contributed by atoms with Gasteiger partial charge in [0.2, 0.25) is 5.91 Å². The number of ether oxygens (including phenoxy) is 1. The zero-order valence-electron chi connectivity index (χ0n) is 13.8. The molecule has 0 radical (unpaired) electrons. The molecule has 4 nitrogen and oxygen atoms in total. The maximum Gasteiger partial charge on any atom is 0.250 e. The third-order valence-electron chi connectivity index (χ3n) is 3.30. The highest BCUT2D eigenvalue weighted by molar-refractivity contribution is 7.16. The lowest BCUT2D eigenvalue weighted by Crippen LogP contribution is -2.07. The SMILES string of the molecule is CCCOc1ccccc1/C=C/C(=O)Nc1nc(-c2cccs2)cs1. The molecule has 0 aliphatic rings. The van der Waals surface area contributed by atoms with E-state index >= 15 is 0 Å². The number of nitrogens with one attached hydrogen (secondary N) is 1. The molecule has 128 valence electrons. The first kappa shape index (κ1) is 17.4. The summed E-state index contributed by atoms with van der Waals surface area (Å²) in [6.07, 6.45) is 4.20. The molecular formula is C19H18N2O2S2. The van der Waals surface area contributed by atoms with Gasteiger partial charge in [0.25, 0.3) is 0 Å². The van der Waals surface area contributed by atoms with Crippen LogP contribution in [0.25, 0.3) is 16.6 Å². The molecular weight excluding hydrogens is 352 g/mol. The van der Waals surface area contributed by atoms with Crippen molar-refractivity contribution in [1.82, 2.24) is 4.98 Å². The molecule has 1 aromatic carbocycles. The number of hydrogen-bond donors (Lipinski definition) is 1. The van der Waals surface area contributed by atoms with Crippen LogP contribution in [-0.4, -0.2) is 17.5 Å². The van der Waals surface area contributed by atoms with Crippen LogP contribution in [0.1, 0.15) is 18.9 Å². The number of amides is 1. The minimum Gasteiger partial charge on any atom is -0.493 e. The molecule has 0 spiro atoms. The number of anilines is 1. The number of thiazole rings is 1. The Morgan fingerprint density at radius 1 is 1.24 bits per heavy atom. The largest absolute Gasteiger partial charge is 0.493 e. The van der Waals surface area contributed by atoms with Gasteiger partial charge >= 0.3 is 0 Å². The van der Waals surface area contributed by atoms with Gasteiger partial charge in [0, 0.05) is 17.0 Å². The summed E-state index contributed by atoms with van der Waals surface area (Å²) < 4.78 is 5.69. The zero-order valence-corrected chi connectivity index (χ0v) is 15.4. The van der Waals surface area contributed by atoms with Gasteiger partial charge in [-0.3, -0.25) is 10.1 Å². The van der Waals surface area contributed by atoms with Gasteiger partial charge in [-0.2, -0.15) is 0 Å². The molecule has 0 saturated carbocycles. The van der Waals surface area contributed by atoms with E-state index in [-0.39, 0.29) is 5.91 Å². The van der Waals surface area contributed by atoms with Crippen LogP contribution in [0.2, 0.25) is 0 Å². The molecule has 0 saturated heterocycles. The van der Waals surface area contributed by atoms with E-state index in [1.165, 1.54) is 17.4 Å². The Labute approximate surface area is 154 Å². The van der Waals surface area contributed by atoms with E-state index in [0.717, 1.165) is 28.3 Å². The fourth-order valence-corrected chi connectivity index (χ4v) is 3.62. The Hall–Kier alpha value is -2.44. The average Bonchev–Trinajstić information content (AvgIpc) is 3.30. The highest BCUT2D eigenvalue weighted by Gasteiger charge is 2.07. The van der Waals surface area contributed by atoms with Crippen LogP contribution in [0.4, 0.5) is 5.13 Å². The molecule has 3 rings (SSSR count). The number of thiophene rings is 1. The number of rotatable bonds is 7. The molecule has 0 aliphatic carbocycles. The highest BCUT2D eigenvalue weighted by Crippen LogP contribution is 2.28. The Morgan fingerprint density at radius 3 is 2.92 bits per heavy atom. The van der Waals surface area contributed by atoms with E-state index < -0.39 is 0 Å². The maximum absolute atomic E-state index is 12.1. The third-order valence-corrected chi connectivity index (χ3v) is 4.95. The molecule has 0 aliphatic heterocycles. The Balaban J connectivity index is 1.64. The normalized spacial score (nSPS) is 10.9. The van der Waals surface area contributed by atoms with Crippen LogP contribution in [0.5, 0.6) is 5.75 Å². The fraction of sp³-hybridized carbons (Fsp3) is 0.158. The van der Waals surface area contributed by atoms with E-state index in [0.29, 0.717) is 11.7 Å². The fourth-order valence-electron chi connectivity index (χ4n) is 2.14. The van der Waals surface area contributed by atoms with Gasteiger partial charge in [-0.05, 0) is 30.0 Å². The van der Waals surface area contributed by atoms with Crippen LogP contribution in [0.15, 0.2) is 53.2 Å². The molecule has 0 unspecified atom stereocenters. The van der Waals surface area contributed by atoms with Gasteiger partial charge in [0.1, 0.15) is 5.75 Å². The van der Waals surface area contributed by atoms with Gasteiger partial charge < -0.3 is 4.74 Å². The molecule has 0 bridgehead atoms. The van der Waals surface area contributed by atoms with Gasteiger partial charge in [0.05, 0.1) is 17.2 Å². The van der Waals surface area contributed by atoms with Crippen molar-refractivity contribution in [3.8, 4) is 16.3 Å². The summed E-state index contributed by atoms with van der Waals surface area (Å²) in [6, 6.07) is 11.7. The Kier molecular flexibility index (Phi) is 5.98. The summed E-state index contributed by atoms with van der Waals surface area (Å²) in [7, 11) is 0. The Bertz CT molecular complexity index is 854. The van der Waals surface area contributed by atoms with E-state index in [9.17, 15) is 4.79 Å². The minimum atomic E-state index is -0.211. The third kappa shape index (κ3) is 4.78. The predicted octanol–water partition coefficient (Wildman–Crippen LogP) is 5.31. The van der Waals surface area contributed by atoms with Crippen molar-refractivity contribution in [2.24, 2.45) is 0 Å². The first-order valence-corrected chi connectivity index (χ1v) is 9.72. The zero-order chi connectivity index (χ0) is 17.5. The van der Waals surface area contributed by atoms with Crippen LogP contribution in [-0.2, 0) is 4.79 Å². The van der Waals surface area contributed by atoms with Crippen LogP contribution in [0, 0.1) is 0 Å². The second-order valence-electron chi connectivity index (χ2n) is 5.22. The topological polar surface area (TPSA) is 51.2 Å². The summed E-state index contributed by atoms with van der Waals surface area (Å²) in [5, 5.41) is 7.35. The number of aromatic nitrogens is 1. The molecule has 1 amide bonds. The highest BCUT2D eigenvalue weighted by atomic mass is 32.1. The second kappa shape index (κ2) is 8.60. The molecule has 0 fully saturated rings. The number of carbonyl (C=O) groups excluding carboxylic acids is 1. The average molecular weight is 370 g/mol. The molecule has 25 heavy (non-hydrogen) atoms. The van der Waals surface area contributed by atoms with Gasteiger partial charge in [-0.1, -0.05) is 31.2 Å². The summed E-state index contributed by atoms with van der Waals surface area (Å²) in [5.41, 5.74) is 1.77. The number of hydrogen-bond acceptors (Lipinski definition) is 5. The van der Waals surface area contributed by atoms with Crippen molar-refractivity contribution in [2.45, 2.75) is 13.3 Å². The lowest BCUT2D eigenvalue weighted by atomic mass is 10.2. The van der Waals surface area contributed by atoms with Crippen molar-refractivity contribution in [1.29, 1.82) is 0 Å². The van der Waals surface area contributed by atoms with E-state index in [2.05, 4.69) is 17.2 Å². The molecule has 3 aromatic rings. The van der Waals surface area contributed by atoms with Crippen LogP contribution in [0.3, 0.4) is 0 Å². The van der Waals surface area contributed by atoms with E-state index in [1.54, 1.807) is 17.4 Å². The number of carbonyl (C=O) groups is 1. The molecule has 2 heterocycles. The predicted molar refractivity (Wildman–Crippen MR) is 105 cm³/mol. The lowest BCUT2D eigenvalue weighted by molar-refractivity contribution is -0.111. The summed E-state index contributed by atoms with van der Waals surface area (Å²) in [5.74, 6) is 0.569. The number of benzene rings is 1. The van der Waals surface area contributed by atoms with Crippen molar-refractivity contribution < 1.29 is 9.53 Å². The van der Waals surface area contributed by atoms with E-state index in [1.807, 2.05) is 47.2 Å². The number of nitrogens with zero attached hydrogens (tertiary/aromatic N) is 1. The minimum absolute atomic E-state index is 0.211. The number of para-hydroxylation sites is 1. The van der Waals surface area contributed by atoms with Gasteiger partial charge in [0.15, 0.2) is 5.13 Å². The Morgan fingerprint density at radius 2 is 2.12 bits per heavy atom. The smallest absolute Gasteiger partial charge is 0.250 e. The van der Waals surface area contributed by atoms with Crippen molar-refractivity contribution >= 4 is 39.8 Å². The molecule has 2 aromatic heterocycles. The summed E-state index contributed by atoms with van der Waals surface area (Å²) in [4.78, 5) is 17.7. The molecule has 1 N–H and O–H groups in total. The molecule has 6 heteroatoms. The van der Waals surface area contributed by atoms with Crippen LogP contribution < -0.4 is 10.1 Å². The summed E-state index contributed by atoms with van der Waals surface area (Å²) >= 11 is 3.04. The van der Waals surface area contributed by atoms with Crippen LogP contribution >= 0.6 is 22.7 Å².